The molecule has 0 spiro atoms. The zero-order chi connectivity index (χ0) is 27.6. The molecule has 40 heavy (non-hydrogen) atoms. The SMILES string of the molecule is COc1ccc(-c2cc(-c3ccc(Br)cc3)nc(-c3ccc4c(c3)N(Cc3ccc(Cl)cc3)C(=O)CO4)c2)cc1. The van der Waals surface area contributed by atoms with E-state index < -0.39 is 0 Å². The number of aromatic nitrogens is 1. The number of fused-ring (bicyclic) bond motifs is 1. The highest BCUT2D eigenvalue weighted by Crippen LogP contribution is 2.38. The van der Waals surface area contributed by atoms with Crippen LogP contribution in [-0.2, 0) is 11.3 Å². The van der Waals surface area contributed by atoms with E-state index >= 15 is 0 Å². The van der Waals surface area contributed by atoms with Crippen LogP contribution in [0.25, 0.3) is 33.6 Å². The van der Waals surface area contributed by atoms with Crippen molar-refractivity contribution in [2.24, 2.45) is 0 Å². The van der Waals surface area contributed by atoms with Gasteiger partial charge in [0.2, 0.25) is 0 Å². The predicted molar refractivity (Wildman–Crippen MR) is 163 cm³/mol. The van der Waals surface area contributed by atoms with Gasteiger partial charge in [-0.05, 0) is 83.4 Å². The minimum atomic E-state index is -0.102. The molecule has 0 fully saturated rings. The van der Waals surface area contributed by atoms with Crippen molar-refractivity contribution in [3.8, 4) is 45.1 Å². The van der Waals surface area contributed by atoms with Gasteiger partial charge in [-0.1, -0.05) is 63.9 Å². The van der Waals surface area contributed by atoms with Crippen molar-refractivity contribution in [3.63, 3.8) is 0 Å². The summed E-state index contributed by atoms with van der Waals surface area (Å²) in [5, 5.41) is 0.657. The van der Waals surface area contributed by atoms with Crippen LogP contribution in [0, 0.1) is 0 Å². The van der Waals surface area contributed by atoms with Gasteiger partial charge in [-0.3, -0.25) is 4.79 Å². The first-order valence-corrected chi connectivity index (χ1v) is 13.9. The van der Waals surface area contributed by atoms with E-state index in [1.165, 1.54) is 0 Å². The number of nitrogens with zero attached hydrogens (tertiary/aromatic N) is 2. The summed E-state index contributed by atoms with van der Waals surface area (Å²) in [5.41, 5.74) is 7.28. The average Bonchev–Trinajstić information content (AvgIpc) is 2.99. The molecule has 0 unspecified atom stereocenters. The van der Waals surface area contributed by atoms with Crippen LogP contribution in [0.15, 0.2) is 108 Å². The molecule has 6 rings (SSSR count). The number of ether oxygens (including phenoxy) is 2. The van der Waals surface area contributed by atoms with Gasteiger partial charge in [0.15, 0.2) is 6.61 Å². The Balaban J connectivity index is 1.45. The summed E-state index contributed by atoms with van der Waals surface area (Å²) in [4.78, 5) is 19.8. The number of halogens is 2. The average molecular weight is 612 g/mol. The zero-order valence-corrected chi connectivity index (χ0v) is 23.9. The molecule has 4 aromatic carbocycles. The summed E-state index contributed by atoms with van der Waals surface area (Å²) in [6.07, 6.45) is 0. The van der Waals surface area contributed by atoms with Crippen LogP contribution in [0.2, 0.25) is 5.02 Å². The number of hydrogen-bond acceptors (Lipinski definition) is 4. The van der Waals surface area contributed by atoms with Crippen molar-refractivity contribution in [1.29, 1.82) is 0 Å². The molecule has 1 aliphatic heterocycles. The minimum Gasteiger partial charge on any atom is -0.497 e. The van der Waals surface area contributed by atoms with Gasteiger partial charge in [0.05, 0.1) is 30.7 Å². The molecule has 7 heteroatoms. The first kappa shape index (κ1) is 26.1. The highest BCUT2D eigenvalue weighted by atomic mass is 79.9. The maximum absolute atomic E-state index is 13.0. The van der Waals surface area contributed by atoms with Crippen LogP contribution in [0.3, 0.4) is 0 Å². The molecule has 2 heterocycles. The third kappa shape index (κ3) is 5.46. The predicted octanol–water partition coefficient (Wildman–Crippen LogP) is 8.43. The van der Waals surface area contributed by atoms with Crippen molar-refractivity contribution in [3.05, 3.63) is 118 Å². The number of methoxy groups -OCH3 is 1. The van der Waals surface area contributed by atoms with Crippen LogP contribution in [0.4, 0.5) is 5.69 Å². The fourth-order valence-corrected chi connectivity index (χ4v) is 5.09. The van der Waals surface area contributed by atoms with E-state index in [4.69, 9.17) is 26.1 Å². The molecule has 0 bridgehead atoms. The molecular formula is C33H24BrClN2O3. The second-order valence-corrected chi connectivity index (χ2v) is 10.8. The Morgan fingerprint density at radius 3 is 2.17 bits per heavy atom. The van der Waals surface area contributed by atoms with Gasteiger partial charge in [0.1, 0.15) is 11.5 Å². The van der Waals surface area contributed by atoms with Crippen LogP contribution in [-0.4, -0.2) is 24.6 Å². The van der Waals surface area contributed by atoms with Crippen LogP contribution >= 0.6 is 27.5 Å². The number of carbonyl (C=O) groups excluding carboxylic acids is 1. The van der Waals surface area contributed by atoms with Gasteiger partial charge >= 0.3 is 0 Å². The number of benzene rings is 4. The van der Waals surface area contributed by atoms with Crippen molar-refractivity contribution in [2.75, 3.05) is 18.6 Å². The van der Waals surface area contributed by atoms with Gasteiger partial charge in [-0.15, -0.1) is 0 Å². The van der Waals surface area contributed by atoms with E-state index in [0.29, 0.717) is 23.0 Å². The van der Waals surface area contributed by atoms with E-state index in [0.717, 1.165) is 49.4 Å². The van der Waals surface area contributed by atoms with Gasteiger partial charge in [-0.25, -0.2) is 4.98 Å². The second kappa shape index (κ2) is 11.2. The first-order valence-electron chi connectivity index (χ1n) is 12.7. The fraction of sp³-hybridized carbons (Fsp3) is 0.0909. The topological polar surface area (TPSA) is 51.7 Å². The molecular weight excluding hydrogens is 588 g/mol. The van der Waals surface area contributed by atoms with E-state index in [1.807, 2.05) is 91.0 Å². The van der Waals surface area contributed by atoms with E-state index in [2.05, 4.69) is 28.1 Å². The largest absolute Gasteiger partial charge is 0.497 e. The lowest BCUT2D eigenvalue weighted by molar-refractivity contribution is -0.121. The zero-order valence-electron chi connectivity index (χ0n) is 21.6. The molecule has 0 N–H and O–H groups in total. The Labute approximate surface area is 246 Å². The maximum atomic E-state index is 13.0. The summed E-state index contributed by atoms with van der Waals surface area (Å²) in [7, 11) is 1.66. The smallest absolute Gasteiger partial charge is 0.265 e. The summed E-state index contributed by atoms with van der Waals surface area (Å²) in [6.45, 7) is 0.415. The molecule has 5 nitrogen and oxygen atoms in total. The van der Waals surface area contributed by atoms with Crippen molar-refractivity contribution < 1.29 is 14.3 Å². The molecule has 198 valence electrons. The maximum Gasteiger partial charge on any atom is 0.265 e. The van der Waals surface area contributed by atoms with E-state index in [-0.39, 0.29) is 12.5 Å². The number of hydrogen-bond donors (Lipinski definition) is 0. The van der Waals surface area contributed by atoms with Crippen LogP contribution < -0.4 is 14.4 Å². The Morgan fingerprint density at radius 2 is 1.48 bits per heavy atom. The Hall–Kier alpha value is -4.13. The monoisotopic (exact) mass is 610 g/mol. The molecule has 0 atom stereocenters. The quantitative estimate of drug-likeness (QED) is 0.193. The Bertz CT molecular complexity index is 1690. The van der Waals surface area contributed by atoms with E-state index in [1.54, 1.807) is 12.0 Å². The summed E-state index contributed by atoms with van der Waals surface area (Å²) in [5.74, 6) is 1.36. The highest BCUT2D eigenvalue weighted by Gasteiger charge is 2.26. The van der Waals surface area contributed by atoms with E-state index in [9.17, 15) is 4.79 Å². The van der Waals surface area contributed by atoms with Gasteiger partial charge in [-0.2, -0.15) is 0 Å². The second-order valence-electron chi connectivity index (χ2n) is 9.44. The minimum absolute atomic E-state index is 0.00113. The molecule has 1 aliphatic rings. The van der Waals surface area contributed by atoms with Gasteiger partial charge in [0.25, 0.3) is 5.91 Å². The molecule has 5 aromatic rings. The molecule has 0 radical (unpaired) electrons. The van der Waals surface area contributed by atoms with Crippen LogP contribution in [0.5, 0.6) is 11.5 Å². The van der Waals surface area contributed by atoms with Crippen molar-refractivity contribution >= 4 is 39.1 Å². The normalized spacial score (nSPS) is 12.6. The molecule has 1 aromatic heterocycles. The third-order valence-electron chi connectivity index (χ3n) is 6.84. The number of amides is 1. The molecule has 0 aliphatic carbocycles. The van der Waals surface area contributed by atoms with Crippen molar-refractivity contribution in [2.45, 2.75) is 6.54 Å². The molecule has 1 amide bonds. The lowest BCUT2D eigenvalue weighted by Gasteiger charge is -2.30. The van der Waals surface area contributed by atoms with Gasteiger partial charge < -0.3 is 14.4 Å². The fourth-order valence-electron chi connectivity index (χ4n) is 4.70. The number of anilines is 1. The number of rotatable bonds is 6. The lowest BCUT2D eigenvalue weighted by atomic mass is 9.99. The summed E-state index contributed by atoms with van der Waals surface area (Å²) < 4.78 is 12.1. The standard InChI is InChI=1S/C33H24BrClN2O3/c1-39-28-13-6-22(7-14-28)25-16-29(23-4-9-26(34)10-5-23)36-30(17-25)24-8-15-32-31(18-24)37(33(38)20-40-32)19-21-2-11-27(35)12-3-21/h2-18H,19-20H2,1H3. The molecule has 0 saturated heterocycles. The lowest BCUT2D eigenvalue weighted by Crippen LogP contribution is -2.38. The van der Waals surface area contributed by atoms with Crippen molar-refractivity contribution in [1.82, 2.24) is 4.98 Å². The molecule has 0 saturated carbocycles. The number of pyridine rings is 1. The summed E-state index contributed by atoms with van der Waals surface area (Å²) >= 11 is 9.60. The third-order valence-corrected chi connectivity index (χ3v) is 7.62. The summed E-state index contributed by atoms with van der Waals surface area (Å²) in [6, 6.07) is 33.6. The Kier molecular flexibility index (Phi) is 7.29. The Morgan fingerprint density at radius 1 is 0.825 bits per heavy atom. The van der Waals surface area contributed by atoms with Gasteiger partial charge in [0, 0.05) is 20.6 Å². The first-order chi connectivity index (χ1) is 19.5. The van der Waals surface area contributed by atoms with Crippen LogP contribution in [0.1, 0.15) is 5.56 Å². The highest BCUT2D eigenvalue weighted by molar-refractivity contribution is 9.10. The number of carbonyl (C=O) groups is 1.